The minimum atomic E-state index is -0.340. The molecular formula is C15H17FN2O2. The zero-order valence-corrected chi connectivity index (χ0v) is 11.7. The molecule has 0 saturated heterocycles. The summed E-state index contributed by atoms with van der Waals surface area (Å²) in [5.74, 6) is 1.14. The third kappa shape index (κ3) is 3.11. The molecule has 0 aliphatic rings. The lowest BCUT2D eigenvalue weighted by molar-refractivity contribution is 0.269. The maximum atomic E-state index is 13.5. The van der Waals surface area contributed by atoms with Gasteiger partial charge >= 0.3 is 0 Å². The summed E-state index contributed by atoms with van der Waals surface area (Å²) in [6.07, 6.45) is 1.51. The summed E-state index contributed by atoms with van der Waals surface area (Å²) in [6, 6.07) is 4.59. The Morgan fingerprint density at radius 2 is 2.10 bits per heavy atom. The first-order chi connectivity index (χ1) is 9.51. The molecule has 1 aromatic heterocycles. The molecular weight excluding hydrogens is 259 g/mol. The van der Waals surface area contributed by atoms with Crippen molar-refractivity contribution in [1.29, 1.82) is 0 Å². The van der Waals surface area contributed by atoms with Crippen molar-refractivity contribution >= 4 is 0 Å². The molecule has 0 atom stereocenters. The molecule has 1 heterocycles. The first kappa shape index (κ1) is 14.4. The number of aromatic nitrogens is 2. The van der Waals surface area contributed by atoms with Gasteiger partial charge in [-0.2, -0.15) is 0 Å². The zero-order valence-electron chi connectivity index (χ0n) is 11.7. The number of ether oxygens (including phenoxy) is 1. The Morgan fingerprint density at radius 3 is 2.70 bits per heavy atom. The molecule has 0 aliphatic carbocycles. The maximum absolute atomic E-state index is 13.5. The lowest BCUT2D eigenvalue weighted by Crippen LogP contribution is -2.03. The van der Waals surface area contributed by atoms with Crippen molar-refractivity contribution < 1.29 is 14.2 Å². The van der Waals surface area contributed by atoms with Crippen LogP contribution in [0.2, 0.25) is 0 Å². The molecule has 4 nitrogen and oxygen atoms in total. The predicted octanol–water partition coefficient (Wildman–Crippen LogP) is 3.33. The second kappa shape index (κ2) is 5.96. The number of hydrogen-bond acceptors (Lipinski definition) is 4. The average Bonchev–Trinajstić information content (AvgIpc) is 2.43. The summed E-state index contributed by atoms with van der Waals surface area (Å²) >= 11 is 0. The summed E-state index contributed by atoms with van der Waals surface area (Å²) in [7, 11) is 0. The number of hydrogen-bond donors (Lipinski definition) is 1. The number of halogens is 1. The number of rotatable bonds is 4. The lowest BCUT2D eigenvalue weighted by Gasteiger charge is -2.11. The van der Waals surface area contributed by atoms with Gasteiger partial charge in [-0.05, 0) is 18.6 Å². The molecule has 0 saturated carbocycles. The molecule has 1 aromatic carbocycles. The fraction of sp³-hybridized carbons (Fsp3) is 0.333. The first-order valence-corrected chi connectivity index (χ1v) is 6.42. The van der Waals surface area contributed by atoms with Gasteiger partial charge in [0.2, 0.25) is 0 Å². The highest BCUT2D eigenvalue weighted by Gasteiger charge is 2.11. The van der Waals surface area contributed by atoms with Crippen molar-refractivity contribution in [3.8, 4) is 11.5 Å². The Morgan fingerprint density at radius 1 is 1.35 bits per heavy atom. The summed E-state index contributed by atoms with van der Waals surface area (Å²) in [5.41, 5.74) is 0.941. The van der Waals surface area contributed by atoms with Crippen LogP contribution in [0.15, 0.2) is 24.4 Å². The van der Waals surface area contributed by atoms with Crippen molar-refractivity contribution in [2.75, 3.05) is 0 Å². The van der Waals surface area contributed by atoms with Crippen molar-refractivity contribution in [2.24, 2.45) is 0 Å². The van der Waals surface area contributed by atoms with Crippen LogP contribution in [0.5, 0.6) is 11.5 Å². The molecule has 0 spiro atoms. The Kier molecular flexibility index (Phi) is 4.29. The van der Waals surface area contributed by atoms with E-state index in [2.05, 4.69) is 9.97 Å². The SMILES string of the molecule is Cc1ccc(Oc2cnc(C(C)C)nc2CO)cc1F. The highest BCUT2D eigenvalue weighted by molar-refractivity contribution is 5.34. The van der Waals surface area contributed by atoms with E-state index in [1.165, 1.54) is 12.3 Å². The molecule has 0 bridgehead atoms. The van der Waals surface area contributed by atoms with Gasteiger partial charge in [0.25, 0.3) is 0 Å². The Bertz CT molecular complexity index is 615. The quantitative estimate of drug-likeness (QED) is 0.930. The van der Waals surface area contributed by atoms with Gasteiger partial charge in [0.05, 0.1) is 12.8 Å². The van der Waals surface area contributed by atoms with Crippen molar-refractivity contribution in [2.45, 2.75) is 33.3 Å². The van der Waals surface area contributed by atoms with Crippen molar-refractivity contribution in [3.63, 3.8) is 0 Å². The fourth-order valence-corrected chi connectivity index (χ4v) is 1.66. The van der Waals surface area contributed by atoms with E-state index in [0.717, 1.165) is 0 Å². The smallest absolute Gasteiger partial charge is 0.169 e. The molecule has 0 amide bonds. The van der Waals surface area contributed by atoms with Gasteiger partial charge in [-0.15, -0.1) is 0 Å². The van der Waals surface area contributed by atoms with Gasteiger partial charge in [-0.3, -0.25) is 0 Å². The van der Waals surface area contributed by atoms with Crippen LogP contribution in [-0.2, 0) is 6.61 Å². The number of aliphatic hydroxyl groups excluding tert-OH is 1. The van der Waals surface area contributed by atoms with Crippen LogP contribution in [0.4, 0.5) is 4.39 Å². The molecule has 0 radical (unpaired) electrons. The standard InChI is InChI=1S/C15H17FN2O2/c1-9(2)15-17-7-14(13(8-19)18-15)20-11-5-4-10(3)12(16)6-11/h4-7,9,19H,8H2,1-3H3. The molecule has 2 rings (SSSR count). The molecule has 2 aromatic rings. The minimum Gasteiger partial charge on any atom is -0.454 e. The van der Waals surface area contributed by atoms with Gasteiger partial charge in [0.1, 0.15) is 23.1 Å². The molecule has 0 fully saturated rings. The molecule has 106 valence electrons. The molecule has 0 unspecified atom stereocenters. The number of nitrogens with zero attached hydrogens (tertiary/aromatic N) is 2. The van der Waals surface area contributed by atoms with E-state index in [1.807, 2.05) is 13.8 Å². The monoisotopic (exact) mass is 276 g/mol. The van der Waals surface area contributed by atoms with Crippen LogP contribution in [0.1, 0.15) is 36.8 Å². The van der Waals surface area contributed by atoms with Crippen molar-refractivity contribution in [1.82, 2.24) is 9.97 Å². The highest BCUT2D eigenvalue weighted by Crippen LogP contribution is 2.26. The summed E-state index contributed by atoms with van der Waals surface area (Å²) < 4.78 is 19.0. The third-order valence-corrected chi connectivity index (χ3v) is 2.89. The van der Waals surface area contributed by atoms with E-state index in [4.69, 9.17) is 4.74 Å². The van der Waals surface area contributed by atoms with E-state index in [-0.39, 0.29) is 18.3 Å². The van der Waals surface area contributed by atoms with E-state index in [9.17, 15) is 9.50 Å². The maximum Gasteiger partial charge on any atom is 0.169 e. The third-order valence-electron chi connectivity index (χ3n) is 2.89. The molecule has 5 heteroatoms. The van der Waals surface area contributed by atoms with Gasteiger partial charge < -0.3 is 9.84 Å². The lowest BCUT2D eigenvalue weighted by atomic mass is 10.2. The minimum absolute atomic E-state index is 0.158. The molecule has 0 aliphatic heterocycles. The Hall–Kier alpha value is -2.01. The summed E-state index contributed by atoms with van der Waals surface area (Å²) in [5, 5.41) is 9.36. The van der Waals surface area contributed by atoms with Crippen molar-refractivity contribution in [3.05, 3.63) is 47.3 Å². The van der Waals surface area contributed by atoms with Crippen LogP contribution in [0.3, 0.4) is 0 Å². The first-order valence-electron chi connectivity index (χ1n) is 6.42. The Balaban J connectivity index is 2.30. The second-order valence-electron chi connectivity index (χ2n) is 4.87. The van der Waals surface area contributed by atoms with Crippen LogP contribution in [0.25, 0.3) is 0 Å². The van der Waals surface area contributed by atoms with Crippen LogP contribution < -0.4 is 4.74 Å². The molecule has 20 heavy (non-hydrogen) atoms. The normalized spacial score (nSPS) is 10.9. The number of aryl methyl sites for hydroxylation is 1. The van der Waals surface area contributed by atoms with Gasteiger partial charge in [-0.25, -0.2) is 14.4 Å². The van der Waals surface area contributed by atoms with Crippen LogP contribution in [0, 0.1) is 12.7 Å². The second-order valence-corrected chi connectivity index (χ2v) is 4.87. The number of benzene rings is 1. The zero-order chi connectivity index (χ0) is 14.7. The largest absolute Gasteiger partial charge is 0.454 e. The fourth-order valence-electron chi connectivity index (χ4n) is 1.66. The average molecular weight is 276 g/mol. The topological polar surface area (TPSA) is 55.2 Å². The van der Waals surface area contributed by atoms with Gasteiger partial charge in [0, 0.05) is 12.0 Å². The number of aliphatic hydroxyl groups is 1. The van der Waals surface area contributed by atoms with E-state index in [1.54, 1.807) is 19.1 Å². The van der Waals surface area contributed by atoms with E-state index in [0.29, 0.717) is 28.6 Å². The van der Waals surface area contributed by atoms with E-state index >= 15 is 0 Å². The van der Waals surface area contributed by atoms with Crippen LogP contribution >= 0.6 is 0 Å². The Labute approximate surface area is 117 Å². The van der Waals surface area contributed by atoms with E-state index < -0.39 is 0 Å². The van der Waals surface area contributed by atoms with Crippen LogP contribution in [-0.4, -0.2) is 15.1 Å². The van der Waals surface area contributed by atoms with Gasteiger partial charge in [-0.1, -0.05) is 19.9 Å². The summed E-state index contributed by atoms with van der Waals surface area (Å²) in [4.78, 5) is 8.43. The summed E-state index contributed by atoms with van der Waals surface area (Å²) in [6.45, 7) is 5.35. The molecule has 1 N–H and O–H groups in total. The highest BCUT2D eigenvalue weighted by atomic mass is 19.1. The van der Waals surface area contributed by atoms with Gasteiger partial charge in [0.15, 0.2) is 5.75 Å². The predicted molar refractivity (Wildman–Crippen MR) is 73.3 cm³/mol.